The zero-order valence-electron chi connectivity index (χ0n) is 14.5. The van der Waals surface area contributed by atoms with Crippen LogP contribution in [0.1, 0.15) is 21.9 Å². The minimum Gasteiger partial charge on any atom is -0.356 e. The Morgan fingerprint density at radius 3 is 2.76 bits per heavy atom. The van der Waals surface area contributed by atoms with E-state index in [0.717, 1.165) is 34.1 Å². The van der Waals surface area contributed by atoms with E-state index < -0.39 is 0 Å². The summed E-state index contributed by atoms with van der Waals surface area (Å²) in [5, 5.41) is 8.12. The number of aromatic nitrogens is 3. The Kier molecular flexibility index (Phi) is 5.60. The fourth-order valence-electron chi connectivity index (χ4n) is 2.64. The summed E-state index contributed by atoms with van der Waals surface area (Å²) in [7, 11) is 0. The van der Waals surface area contributed by atoms with Gasteiger partial charge in [-0.1, -0.05) is 29.8 Å². The molecule has 130 valence electrons. The lowest BCUT2D eigenvalue weighted by molar-refractivity contribution is -0.120. The van der Waals surface area contributed by atoms with Crippen molar-refractivity contribution in [2.24, 2.45) is 0 Å². The normalized spacial score (nSPS) is 10.8. The van der Waals surface area contributed by atoms with Crippen molar-refractivity contribution in [3.63, 3.8) is 0 Å². The number of carbonyl (C=O) groups excluding carboxylic acids is 1. The van der Waals surface area contributed by atoms with Gasteiger partial charge in [0.2, 0.25) is 5.91 Å². The monoisotopic (exact) mass is 354 g/mol. The minimum absolute atomic E-state index is 0.0393. The number of nitrogens with one attached hydrogen (secondary N) is 1. The molecule has 2 heterocycles. The molecule has 1 amide bonds. The Hall–Kier alpha value is -2.47. The molecule has 0 atom stereocenters. The van der Waals surface area contributed by atoms with Crippen LogP contribution in [0, 0.1) is 13.8 Å². The lowest BCUT2D eigenvalue weighted by Gasteiger charge is -2.06. The number of benzene rings is 1. The highest BCUT2D eigenvalue weighted by molar-refractivity contribution is 7.12. The first-order valence-corrected chi connectivity index (χ1v) is 9.21. The molecule has 0 aliphatic heterocycles. The van der Waals surface area contributed by atoms with Gasteiger partial charge in [0.25, 0.3) is 0 Å². The first kappa shape index (κ1) is 17.4. The molecule has 0 unspecified atom stereocenters. The van der Waals surface area contributed by atoms with Gasteiger partial charge in [-0.3, -0.25) is 9.48 Å². The van der Waals surface area contributed by atoms with Gasteiger partial charge in [0, 0.05) is 35.9 Å². The molecule has 0 aliphatic carbocycles. The second kappa shape index (κ2) is 8.07. The largest absolute Gasteiger partial charge is 0.356 e. The maximum absolute atomic E-state index is 12.3. The summed E-state index contributed by atoms with van der Waals surface area (Å²) in [6.45, 7) is 5.50. The Bertz CT molecular complexity index is 822. The van der Waals surface area contributed by atoms with Crippen LogP contribution in [0.25, 0.3) is 11.3 Å². The molecule has 3 rings (SSSR count). The van der Waals surface area contributed by atoms with Gasteiger partial charge in [0.15, 0.2) is 0 Å². The highest BCUT2D eigenvalue weighted by Crippen LogP contribution is 2.28. The Labute approximate surface area is 151 Å². The molecule has 6 heteroatoms. The molecule has 0 spiro atoms. The number of hydrogen-bond donors (Lipinski definition) is 1. The number of hydrogen-bond acceptors (Lipinski definition) is 4. The van der Waals surface area contributed by atoms with E-state index in [4.69, 9.17) is 0 Å². The van der Waals surface area contributed by atoms with Crippen molar-refractivity contribution in [2.45, 2.75) is 33.2 Å². The number of amides is 1. The van der Waals surface area contributed by atoms with Crippen LogP contribution in [0.4, 0.5) is 0 Å². The van der Waals surface area contributed by atoms with Gasteiger partial charge >= 0.3 is 0 Å². The molecular formula is C19H22N4OS. The van der Waals surface area contributed by atoms with Crippen LogP contribution in [-0.4, -0.2) is 27.2 Å². The molecule has 0 radical (unpaired) electrons. The summed E-state index contributed by atoms with van der Waals surface area (Å²) < 4.78 is 1.87. The van der Waals surface area contributed by atoms with Gasteiger partial charge in [0.1, 0.15) is 0 Å². The summed E-state index contributed by atoms with van der Waals surface area (Å²) in [5.74, 6) is 0.0393. The molecule has 3 aromatic rings. The summed E-state index contributed by atoms with van der Waals surface area (Å²) in [4.78, 5) is 17.9. The third-order valence-electron chi connectivity index (χ3n) is 3.90. The van der Waals surface area contributed by atoms with Gasteiger partial charge in [-0.05, 0) is 26.3 Å². The smallest absolute Gasteiger partial charge is 0.225 e. The molecule has 0 bridgehead atoms. The summed E-state index contributed by atoms with van der Waals surface area (Å²) in [6.07, 6.45) is 4.92. The van der Waals surface area contributed by atoms with E-state index in [-0.39, 0.29) is 5.91 Å². The molecule has 1 aromatic carbocycles. The third kappa shape index (κ3) is 4.76. The van der Waals surface area contributed by atoms with Crippen LogP contribution in [0.2, 0.25) is 0 Å². The van der Waals surface area contributed by atoms with Crippen LogP contribution >= 0.6 is 11.3 Å². The van der Waals surface area contributed by atoms with E-state index in [1.807, 2.05) is 23.9 Å². The van der Waals surface area contributed by atoms with Crippen molar-refractivity contribution in [1.82, 2.24) is 20.1 Å². The molecule has 1 N–H and O–H groups in total. The summed E-state index contributed by atoms with van der Waals surface area (Å²) in [6, 6.07) is 10.2. The van der Waals surface area contributed by atoms with Gasteiger partial charge < -0.3 is 5.32 Å². The SMILES string of the molecule is Cc1ccc(-c2nc(C)sc2CC(=O)NCCCn2cccn2)cc1. The maximum atomic E-state index is 12.3. The number of nitrogens with zero attached hydrogens (tertiary/aromatic N) is 3. The van der Waals surface area contributed by atoms with E-state index in [2.05, 4.69) is 46.6 Å². The fraction of sp³-hybridized carbons (Fsp3) is 0.316. The second-order valence-corrected chi connectivity index (χ2v) is 7.31. The topological polar surface area (TPSA) is 59.8 Å². The quantitative estimate of drug-likeness (QED) is 0.662. The Morgan fingerprint density at radius 2 is 2.04 bits per heavy atom. The molecular weight excluding hydrogens is 332 g/mol. The third-order valence-corrected chi connectivity index (χ3v) is 4.87. The number of aryl methyl sites for hydroxylation is 3. The number of thiazole rings is 1. The molecule has 0 aliphatic rings. The molecule has 25 heavy (non-hydrogen) atoms. The van der Waals surface area contributed by atoms with Crippen LogP contribution in [0.3, 0.4) is 0 Å². The Morgan fingerprint density at radius 1 is 1.24 bits per heavy atom. The molecule has 5 nitrogen and oxygen atoms in total. The molecule has 2 aromatic heterocycles. The maximum Gasteiger partial charge on any atom is 0.225 e. The molecule has 0 saturated carbocycles. The predicted molar refractivity (Wildman–Crippen MR) is 101 cm³/mol. The highest BCUT2D eigenvalue weighted by atomic mass is 32.1. The van der Waals surface area contributed by atoms with Crippen LogP contribution < -0.4 is 5.32 Å². The zero-order valence-corrected chi connectivity index (χ0v) is 15.3. The fourth-order valence-corrected chi connectivity index (χ4v) is 3.59. The standard InChI is InChI=1S/C19H22N4OS/c1-14-5-7-16(8-6-14)19-17(25-15(2)22-19)13-18(24)20-9-3-11-23-12-4-10-21-23/h4-8,10,12H,3,9,11,13H2,1-2H3,(H,20,24). The lowest BCUT2D eigenvalue weighted by atomic mass is 10.1. The first-order valence-electron chi connectivity index (χ1n) is 8.39. The van der Waals surface area contributed by atoms with E-state index in [9.17, 15) is 4.79 Å². The molecule has 0 fully saturated rings. The highest BCUT2D eigenvalue weighted by Gasteiger charge is 2.14. The van der Waals surface area contributed by atoms with Gasteiger partial charge in [-0.2, -0.15) is 5.10 Å². The van der Waals surface area contributed by atoms with Crippen molar-refractivity contribution in [3.8, 4) is 11.3 Å². The predicted octanol–water partition coefficient (Wildman–Crippen LogP) is 3.37. The Balaban J connectivity index is 1.56. The van der Waals surface area contributed by atoms with Crippen molar-refractivity contribution in [3.05, 3.63) is 58.2 Å². The van der Waals surface area contributed by atoms with E-state index in [0.29, 0.717) is 13.0 Å². The van der Waals surface area contributed by atoms with Crippen molar-refractivity contribution in [1.29, 1.82) is 0 Å². The van der Waals surface area contributed by atoms with Crippen LogP contribution in [0.15, 0.2) is 42.7 Å². The van der Waals surface area contributed by atoms with Gasteiger partial charge in [0.05, 0.1) is 17.1 Å². The zero-order chi connectivity index (χ0) is 17.6. The van der Waals surface area contributed by atoms with Gasteiger partial charge in [-0.15, -0.1) is 11.3 Å². The summed E-state index contributed by atoms with van der Waals surface area (Å²) >= 11 is 1.59. The lowest BCUT2D eigenvalue weighted by Crippen LogP contribution is -2.26. The van der Waals surface area contributed by atoms with E-state index in [1.165, 1.54) is 5.56 Å². The second-order valence-electron chi connectivity index (χ2n) is 6.02. The van der Waals surface area contributed by atoms with E-state index >= 15 is 0 Å². The average molecular weight is 354 g/mol. The van der Waals surface area contributed by atoms with Gasteiger partial charge in [-0.25, -0.2) is 4.98 Å². The van der Waals surface area contributed by atoms with Crippen molar-refractivity contribution < 1.29 is 4.79 Å². The average Bonchev–Trinajstić information content (AvgIpc) is 3.22. The van der Waals surface area contributed by atoms with Crippen LogP contribution in [-0.2, 0) is 17.8 Å². The van der Waals surface area contributed by atoms with Crippen molar-refractivity contribution in [2.75, 3.05) is 6.54 Å². The van der Waals surface area contributed by atoms with Crippen molar-refractivity contribution >= 4 is 17.2 Å². The number of carbonyl (C=O) groups is 1. The van der Waals surface area contributed by atoms with E-state index in [1.54, 1.807) is 17.5 Å². The minimum atomic E-state index is 0.0393. The van der Waals surface area contributed by atoms with Crippen LogP contribution in [0.5, 0.6) is 0 Å². The number of rotatable bonds is 7. The first-order chi connectivity index (χ1) is 12.1. The summed E-state index contributed by atoms with van der Waals surface area (Å²) in [5.41, 5.74) is 3.21. The molecule has 0 saturated heterocycles.